The second kappa shape index (κ2) is 8.57. The van der Waals surface area contributed by atoms with Gasteiger partial charge in [0.2, 0.25) is 5.95 Å². The molecule has 1 aromatic carbocycles. The number of aryl methyl sites for hydroxylation is 2. The molecule has 1 fully saturated rings. The van der Waals surface area contributed by atoms with Gasteiger partial charge in [-0.3, -0.25) is 0 Å². The average molecular weight is 451 g/mol. The van der Waals surface area contributed by atoms with E-state index in [1.165, 1.54) is 6.07 Å². The number of nitrogens with one attached hydrogen (secondary N) is 2. The molecule has 1 aliphatic heterocycles. The van der Waals surface area contributed by atoms with Crippen molar-refractivity contribution in [3.63, 3.8) is 0 Å². The minimum absolute atomic E-state index is 0.135. The van der Waals surface area contributed by atoms with Crippen molar-refractivity contribution < 1.29 is 9.18 Å². The summed E-state index contributed by atoms with van der Waals surface area (Å²) in [5.74, 6) is 0.476. The Morgan fingerprint density at radius 2 is 1.91 bits per heavy atom. The zero-order valence-corrected chi connectivity index (χ0v) is 20.1. The van der Waals surface area contributed by atoms with Crippen LogP contribution in [0.4, 0.5) is 20.8 Å². The number of hydrogen-bond donors (Lipinski definition) is 2. The maximum absolute atomic E-state index is 14.8. The highest BCUT2D eigenvalue weighted by atomic mass is 19.1. The predicted molar refractivity (Wildman–Crippen MR) is 130 cm³/mol. The molecule has 1 atom stereocenters. The van der Waals surface area contributed by atoms with Crippen LogP contribution in [0.5, 0.6) is 0 Å². The van der Waals surface area contributed by atoms with Gasteiger partial charge in [0.15, 0.2) is 5.65 Å². The number of fused-ring (bicyclic) bond motifs is 1. The highest BCUT2D eigenvalue weighted by Gasteiger charge is 2.34. The number of carbonyl (C=O) groups is 1. The van der Waals surface area contributed by atoms with Crippen LogP contribution >= 0.6 is 0 Å². The number of anilines is 2. The Kier molecular flexibility index (Phi) is 5.95. The largest absolute Gasteiger partial charge is 0.357 e. The highest BCUT2D eigenvalue weighted by Crippen LogP contribution is 2.35. The van der Waals surface area contributed by atoms with Gasteiger partial charge in [-0.15, -0.1) is 0 Å². The van der Waals surface area contributed by atoms with Gasteiger partial charge >= 0.3 is 6.03 Å². The fourth-order valence-corrected chi connectivity index (χ4v) is 4.35. The summed E-state index contributed by atoms with van der Waals surface area (Å²) in [6, 6.07) is 4.84. The number of rotatable bonds is 3. The van der Waals surface area contributed by atoms with Gasteiger partial charge in [-0.05, 0) is 60.9 Å². The van der Waals surface area contributed by atoms with Crippen molar-refractivity contribution in [1.29, 1.82) is 0 Å². The average Bonchev–Trinajstić information content (AvgIpc) is 3.26. The number of aromatic nitrogens is 3. The van der Waals surface area contributed by atoms with Crippen molar-refractivity contribution >= 4 is 28.7 Å². The molecule has 1 unspecified atom stereocenters. The molecule has 0 aliphatic carbocycles. The summed E-state index contributed by atoms with van der Waals surface area (Å²) < 4.78 is 14.8. The van der Waals surface area contributed by atoms with E-state index in [-0.39, 0.29) is 17.1 Å². The highest BCUT2D eigenvalue weighted by molar-refractivity contribution is 5.91. The Bertz CT molecular complexity index is 1220. The van der Waals surface area contributed by atoms with Gasteiger partial charge in [-0.2, -0.15) is 4.98 Å². The lowest BCUT2D eigenvalue weighted by molar-refractivity contribution is 0.208. The minimum atomic E-state index is -0.454. The molecule has 0 saturated carbocycles. The molecule has 3 heterocycles. The smallest absolute Gasteiger partial charge is 0.321 e. The first-order valence-electron chi connectivity index (χ1n) is 11.3. The van der Waals surface area contributed by atoms with Crippen LogP contribution < -0.4 is 10.6 Å². The fourth-order valence-electron chi connectivity index (χ4n) is 4.35. The van der Waals surface area contributed by atoms with E-state index in [9.17, 15) is 9.18 Å². The summed E-state index contributed by atoms with van der Waals surface area (Å²) in [5.41, 5.74) is 4.08. The summed E-state index contributed by atoms with van der Waals surface area (Å²) in [4.78, 5) is 27.9. The van der Waals surface area contributed by atoms with Gasteiger partial charge in [-0.25, -0.2) is 19.2 Å². The maximum atomic E-state index is 14.8. The van der Waals surface area contributed by atoms with E-state index in [0.717, 1.165) is 34.2 Å². The Morgan fingerprint density at radius 1 is 1.15 bits per heavy atom. The first-order chi connectivity index (χ1) is 15.6. The maximum Gasteiger partial charge on any atom is 0.321 e. The Labute approximate surface area is 193 Å². The van der Waals surface area contributed by atoms with E-state index in [2.05, 4.69) is 46.4 Å². The lowest BCUT2D eigenvalue weighted by atomic mass is 9.80. The number of urea groups is 1. The second-order valence-electron chi connectivity index (χ2n) is 9.85. The molecule has 2 amide bonds. The zero-order chi connectivity index (χ0) is 23.9. The molecule has 0 bridgehead atoms. The lowest BCUT2D eigenvalue weighted by Gasteiger charge is -2.27. The van der Waals surface area contributed by atoms with Crippen LogP contribution in [-0.4, -0.2) is 46.0 Å². The summed E-state index contributed by atoms with van der Waals surface area (Å²) in [6.45, 7) is 11.7. The Hall–Kier alpha value is -3.29. The number of pyridine rings is 1. The van der Waals surface area contributed by atoms with Gasteiger partial charge in [-0.1, -0.05) is 20.8 Å². The predicted octanol–water partition coefficient (Wildman–Crippen LogP) is 5.39. The molecule has 0 spiro atoms. The van der Waals surface area contributed by atoms with Crippen molar-refractivity contribution in [2.75, 3.05) is 30.8 Å². The van der Waals surface area contributed by atoms with Gasteiger partial charge in [0, 0.05) is 43.0 Å². The first-order valence-corrected chi connectivity index (χ1v) is 11.3. The van der Waals surface area contributed by atoms with E-state index in [0.29, 0.717) is 30.6 Å². The molecule has 7 nitrogen and oxygen atoms in total. The number of amides is 2. The normalized spacial score (nSPS) is 16.3. The zero-order valence-electron chi connectivity index (χ0n) is 20.1. The first kappa shape index (κ1) is 22.9. The summed E-state index contributed by atoms with van der Waals surface area (Å²) in [6.07, 6.45) is 2.67. The molecule has 0 radical (unpaired) electrons. The molecule has 174 valence electrons. The third-order valence-corrected chi connectivity index (χ3v) is 6.53. The van der Waals surface area contributed by atoms with Crippen LogP contribution in [0.3, 0.4) is 0 Å². The molecule has 33 heavy (non-hydrogen) atoms. The van der Waals surface area contributed by atoms with Crippen LogP contribution in [0.25, 0.3) is 22.2 Å². The third-order valence-electron chi connectivity index (χ3n) is 6.53. The van der Waals surface area contributed by atoms with Crippen LogP contribution in [-0.2, 0) is 0 Å². The monoisotopic (exact) mass is 450 g/mol. The summed E-state index contributed by atoms with van der Waals surface area (Å²) >= 11 is 0. The molecule has 2 N–H and O–H groups in total. The van der Waals surface area contributed by atoms with Crippen molar-refractivity contribution in [2.24, 2.45) is 11.3 Å². The van der Waals surface area contributed by atoms with Crippen molar-refractivity contribution in [3.05, 3.63) is 41.5 Å². The van der Waals surface area contributed by atoms with Crippen LogP contribution in [0.15, 0.2) is 24.4 Å². The quantitative estimate of drug-likeness (QED) is 0.559. The second-order valence-corrected chi connectivity index (χ2v) is 9.85. The number of nitrogens with zero attached hydrogens (tertiary/aromatic N) is 4. The number of likely N-dealkylation sites (tertiary alicyclic amines) is 1. The lowest BCUT2D eigenvalue weighted by Crippen LogP contribution is -2.34. The molecule has 1 saturated heterocycles. The Morgan fingerprint density at radius 3 is 2.58 bits per heavy atom. The van der Waals surface area contributed by atoms with E-state index >= 15 is 0 Å². The third kappa shape index (κ3) is 4.60. The molecular formula is C25H31FN6O. The van der Waals surface area contributed by atoms with Crippen molar-refractivity contribution in [1.82, 2.24) is 19.9 Å². The summed E-state index contributed by atoms with van der Waals surface area (Å²) in [7, 11) is 1.76. The fraction of sp³-hybridized carbons (Fsp3) is 0.440. The standard InChI is InChI=1S/C25H31FN6O/c1-14-9-20(26)21(30-24(33)32-8-7-17(13-32)25(3,4)5)11-18(14)19-10-16-12-28-23(27-6)31-22(16)29-15(19)2/h9-12,17H,7-8,13H2,1-6H3,(H,30,33)(H,27,28,29,31). The van der Waals surface area contributed by atoms with Crippen molar-refractivity contribution in [3.8, 4) is 11.1 Å². The SMILES string of the molecule is CNc1ncc2cc(-c3cc(NC(=O)N4CCC(C(C)(C)C)C4)c(F)cc3C)c(C)nc2n1. The van der Waals surface area contributed by atoms with Crippen LogP contribution in [0, 0.1) is 31.0 Å². The molecular weight excluding hydrogens is 419 g/mol. The Balaban J connectivity index is 1.64. The minimum Gasteiger partial charge on any atom is -0.357 e. The molecule has 8 heteroatoms. The van der Waals surface area contributed by atoms with E-state index < -0.39 is 5.82 Å². The van der Waals surface area contributed by atoms with E-state index in [1.54, 1.807) is 24.2 Å². The molecule has 1 aliphatic rings. The van der Waals surface area contributed by atoms with E-state index in [4.69, 9.17) is 0 Å². The van der Waals surface area contributed by atoms with Gasteiger partial charge in [0.05, 0.1) is 5.69 Å². The van der Waals surface area contributed by atoms with Crippen LogP contribution in [0.2, 0.25) is 0 Å². The number of carbonyl (C=O) groups excluding carboxylic acids is 1. The van der Waals surface area contributed by atoms with E-state index in [1.807, 2.05) is 19.9 Å². The van der Waals surface area contributed by atoms with Gasteiger partial charge in [0.1, 0.15) is 5.82 Å². The topological polar surface area (TPSA) is 83.0 Å². The molecule has 4 rings (SSSR count). The van der Waals surface area contributed by atoms with Gasteiger partial charge < -0.3 is 15.5 Å². The molecule has 2 aromatic heterocycles. The van der Waals surface area contributed by atoms with Gasteiger partial charge in [0.25, 0.3) is 0 Å². The number of hydrogen-bond acceptors (Lipinski definition) is 5. The number of halogens is 1. The summed E-state index contributed by atoms with van der Waals surface area (Å²) in [5, 5.41) is 6.49. The van der Waals surface area contributed by atoms with Crippen LogP contribution in [0.1, 0.15) is 38.4 Å². The molecule has 3 aromatic rings. The number of benzene rings is 1. The van der Waals surface area contributed by atoms with Crippen molar-refractivity contribution in [2.45, 2.75) is 41.0 Å².